The summed E-state index contributed by atoms with van der Waals surface area (Å²) < 4.78 is 1.87. The van der Waals surface area contributed by atoms with Crippen LogP contribution in [-0.2, 0) is 0 Å². The number of aryl methyl sites for hydroxylation is 2. The smallest absolute Gasteiger partial charge is 0.254 e. The second kappa shape index (κ2) is 8.39. The molecule has 0 spiro atoms. The van der Waals surface area contributed by atoms with Gasteiger partial charge in [0.05, 0.1) is 11.7 Å². The molecular formula is C25H30ClN5O. The van der Waals surface area contributed by atoms with E-state index in [-0.39, 0.29) is 11.9 Å². The minimum Gasteiger partial charge on any atom is -0.356 e. The van der Waals surface area contributed by atoms with E-state index in [4.69, 9.17) is 21.7 Å². The highest BCUT2D eigenvalue weighted by Crippen LogP contribution is 2.33. The van der Waals surface area contributed by atoms with Crippen molar-refractivity contribution < 1.29 is 4.79 Å². The molecule has 0 saturated carbocycles. The number of amides is 1. The van der Waals surface area contributed by atoms with Crippen molar-refractivity contribution in [2.24, 2.45) is 5.92 Å². The Morgan fingerprint density at radius 1 is 1.09 bits per heavy atom. The second-order valence-electron chi connectivity index (χ2n) is 9.43. The molecule has 6 nitrogen and oxygen atoms in total. The van der Waals surface area contributed by atoms with Crippen LogP contribution in [0.2, 0.25) is 5.02 Å². The van der Waals surface area contributed by atoms with E-state index in [1.165, 1.54) is 6.42 Å². The van der Waals surface area contributed by atoms with E-state index in [0.29, 0.717) is 16.5 Å². The zero-order valence-electron chi connectivity index (χ0n) is 19.0. The third kappa shape index (κ3) is 3.85. The van der Waals surface area contributed by atoms with E-state index >= 15 is 0 Å². The first-order valence-corrected chi connectivity index (χ1v) is 12.0. The molecule has 32 heavy (non-hydrogen) atoms. The molecule has 2 aliphatic rings. The van der Waals surface area contributed by atoms with Gasteiger partial charge >= 0.3 is 0 Å². The predicted molar refractivity (Wildman–Crippen MR) is 128 cm³/mol. The van der Waals surface area contributed by atoms with Gasteiger partial charge in [-0.2, -0.15) is 5.10 Å². The molecule has 5 rings (SSSR count). The third-order valence-electron chi connectivity index (χ3n) is 6.88. The number of carbonyl (C=O) groups excluding carboxylic acids is 1. The third-order valence-corrected chi connectivity index (χ3v) is 7.12. The van der Waals surface area contributed by atoms with E-state index in [1.54, 1.807) is 6.07 Å². The van der Waals surface area contributed by atoms with Gasteiger partial charge in [-0.25, -0.2) is 9.50 Å². The van der Waals surface area contributed by atoms with Crippen LogP contribution < -0.4 is 4.90 Å². The first-order valence-electron chi connectivity index (χ1n) is 11.6. The summed E-state index contributed by atoms with van der Waals surface area (Å²) in [7, 11) is 0. The number of nitrogens with zero attached hydrogens (tertiary/aromatic N) is 5. The van der Waals surface area contributed by atoms with Crippen molar-refractivity contribution in [2.75, 3.05) is 24.5 Å². The maximum Gasteiger partial charge on any atom is 0.254 e. The topological polar surface area (TPSA) is 53.7 Å². The van der Waals surface area contributed by atoms with E-state index < -0.39 is 0 Å². The molecule has 0 aliphatic carbocycles. The Labute approximate surface area is 194 Å². The van der Waals surface area contributed by atoms with Crippen molar-refractivity contribution >= 4 is 29.0 Å². The van der Waals surface area contributed by atoms with Crippen LogP contribution in [-0.4, -0.2) is 45.0 Å². The van der Waals surface area contributed by atoms with Crippen LogP contribution in [0.3, 0.4) is 0 Å². The fourth-order valence-electron chi connectivity index (χ4n) is 5.09. The van der Waals surface area contributed by atoms with Crippen LogP contribution in [0.1, 0.15) is 65.8 Å². The monoisotopic (exact) mass is 451 g/mol. The average Bonchev–Trinajstić information content (AvgIpc) is 3.40. The van der Waals surface area contributed by atoms with Gasteiger partial charge < -0.3 is 9.80 Å². The molecule has 4 heterocycles. The number of rotatable bonds is 3. The maximum absolute atomic E-state index is 13.5. The van der Waals surface area contributed by atoms with Gasteiger partial charge in [0, 0.05) is 48.0 Å². The molecule has 1 amide bonds. The normalized spacial score (nSPS) is 21.5. The summed E-state index contributed by atoms with van der Waals surface area (Å²) in [6.07, 6.45) is 6.27. The van der Waals surface area contributed by atoms with Gasteiger partial charge in [0.15, 0.2) is 5.65 Å². The maximum atomic E-state index is 13.5. The summed E-state index contributed by atoms with van der Waals surface area (Å²) in [5, 5.41) is 5.45. The zero-order chi connectivity index (χ0) is 22.4. The SMILES string of the molecule is Cc1ccc(Cl)cc1C(=O)N1CCCC[C@H]1c1cc2nc(N3CC[C@H](C)C3)c(C)cn2n1. The molecule has 2 aliphatic heterocycles. The Morgan fingerprint density at radius 2 is 1.94 bits per heavy atom. The highest BCUT2D eigenvalue weighted by atomic mass is 35.5. The number of anilines is 1. The highest BCUT2D eigenvalue weighted by Gasteiger charge is 2.32. The van der Waals surface area contributed by atoms with Gasteiger partial charge in [-0.15, -0.1) is 0 Å². The average molecular weight is 452 g/mol. The van der Waals surface area contributed by atoms with E-state index in [2.05, 4.69) is 31.0 Å². The standard InChI is InChI=1S/C25H30ClN5O/c1-16-9-11-29(14-16)24-18(3)15-31-23(27-24)13-21(28-31)22-6-4-5-10-30(22)25(32)20-12-19(26)8-7-17(20)2/h7-8,12-13,15-16,22H,4-6,9-11,14H2,1-3H3/t16-,22-/m0/s1. The number of piperidine rings is 1. The lowest BCUT2D eigenvalue weighted by Gasteiger charge is -2.35. The fraction of sp³-hybridized carbons (Fsp3) is 0.480. The number of halogens is 1. The van der Waals surface area contributed by atoms with Crippen molar-refractivity contribution in [3.8, 4) is 0 Å². The van der Waals surface area contributed by atoms with Crippen molar-refractivity contribution in [3.05, 3.63) is 57.9 Å². The molecule has 2 atom stereocenters. The molecule has 2 fully saturated rings. The van der Waals surface area contributed by atoms with Gasteiger partial charge in [-0.3, -0.25) is 4.79 Å². The summed E-state index contributed by atoms with van der Waals surface area (Å²) in [6, 6.07) is 7.53. The molecule has 0 N–H and O–H groups in total. The number of fused-ring (bicyclic) bond motifs is 1. The van der Waals surface area contributed by atoms with Gasteiger partial charge in [0.25, 0.3) is 5.91 Å². The molecule has 0 unspecified atom stereocenters. The van der Waals surface area contributed by atoms with Crippen molar-refractivity contribution in [1.82, 2.24) is 19.5 Å². The molecule has 2 saturated heterocycles. The van der Waals surface area contributed by atoms with Gasteiger partial charge in [0.2, 0.25) is 0 Å². The summed E-state index contributed by atoms with van der Waals surface area (Å²) in [6.45, 7) is 9.18. The Kier molecular flexibility index (Phi) is 5.58. The molecule has 0 bridgehead atoms. The first kappa shape index (κ1) is 21.3. The number of likely N-dealkylation sites (tertiary alicyclic amines) is 1. The minimum atomic E-state index is -0.0492. The molecule has 7 heteroatoms. The Bertz CT molecular complexity index is 1170. The molecule has 1 aromatic carbocycles. The summed E-state index contributed by atoms with van der Waals surface area (Å²) in [4.78, 5) is 22.8. The highest BCUT2D eigenvalue weighted by molar-refractivity contribution is 6.31. The number of hydrogen-bond acceptors (Lipinski definition) is 4. The largest absolute Gasteiger partial charge is 0.356 e. The van der Waals surface area contributed by atoms with Crippen LogP contribution in [0, 0.1) is 19.8 Å². The lowest BCUT2D eigenvalue weighted by Crippen LogP contribution is -2.39. The fourth-order valence-corrected chi connectivity index (χ4v) is 5.26. The van der Waals surface area contributed by atoms with Crippen LogP contribution >= 0.6 is 11.6 Å². The zero-order valence-corrected chi connectivity index (χ0v) is 19.8. The summed E-state index contributed by atoms with van der Waals surface area (Å²) in [5.74, 6) is 1.78. The van der Waals surface area contributed by atoms with Crippen LogP contribution in [0.4, 0.5) is 5.82 Å². The van der Waals surface area contributed by atoms with Crippen molar-refractivity contribution in [1.29, 1.82) is 0 Å². The summed E-state index contributed by atoms with van der Waals surface area (Å²) >= 11 is 6.20. The van der Waals surface area contributed by atoms with Crippen LogP contribution in [0.5, 0.6) is 0 Å². The lowest BCUT2D eigenvalue weighted by atomic mass is 9.97. The molecular weight excluding hydrogens is 422 g/mol. The molecule has 3 aromatic rings. The Balaban J connectivity index is 1.48. The van der Waals surface area contributed by atoms with Gasteiger partial charge in [-0.05, 0) is 63.1 Å². The van der Waals surface area contributed by atoms with Crippen LogP contribution in [0.25, 0.3) is 5.65 Å². The van der Waals surface area contributed by atoms with E-state index in [0.717, 1.165) is 67.2 Å². The first-order chi connectivity index (χ1) is 15.4. The van der Waals surface area contributed by atoms with Gasteiger partial charge in [-0.1, -0.05) is 24.6 Å². The molecule has 0 radical (unpaired) electrons. The van der Waals surface area contributed by atoms with Crippen molar-refractivity contribution in [3.63, 3.8) is 0 Å². The summed E-state index contributed by atoms with van der Waals surface area (Å²) in [5.41, 5.74) is 4.51. The van der Waals surface area contributed by atoms with E-state index in [9.17, 15) is 4.79 Å². The van der Waals surface area contributed by atoms with E-state index in [1.807, 2.05) is 28.5 Å². The quantitative estimate of drug-likeness (QED) is 0.548. The molecule has 168 valence electrons. The lowest BCUT2D eigenvalue weighted by molar-refractivity contribution is 0.0605. The number of carbonyl (C=O) groups is 1. The number of hydrogen-bond donors (Lipinski definition) is 0. The predicted octanol–water partition coefficient (Wildman–Crippen LogP) is 5.21. The van der Waals surface area contributed by atoms with Gasteiger partial charge in [0.1, 0.15) is 5.82 Å². The van der Waals surface area contributed by atoms with Crippen LogP contribution in [0.15, 0.2) is 30.5 Å². The van der Waals surface area contributed by atoms with Crippen molar-refractivity contribution in [2.45, 2.75) is 52.5 Å². The molecule has 2 aromatic heterocycles. The minimum absolute atomic E-state index is 0.0302. The number of aromatic nitrogens is 3. The number of benzene rings is 1. The second-order valence-corrected chi connectivity index (χ2v) is 9.87. The Morgan fingerprint density at radius 3 is 2.72 bits per heavy atom. The Hall–Kier alpha value is -2.60.